The number of sulfonamides is 1. The Balaban J connectivity index is 1.87. The highest BCUT2D eigenvalue weighted by atomic mass is 32.2. The molecule has 1 aromatic rings. The van der Waals surface area contributed by atoms with Crippen molar-refractivity contribution in [2.45, 2.75) is 6.54 Å². The highest BCUT2D eigenvalue weighted by Gasteiger charge is 2.28. The molecule has 1 aliphatic rings. The van der Waals surface area contributed by atoms with Crippen LogP contribution < -0.4 is 5.48 Å². The van der Waals surface area contributed by atoms with Crippen LogP contribution in [-0.2, 0) is 21.4 Å². The Kier molecular flexibility index (Phi) is 5.29. The van der Waals surface area contributed by atoms with Gasteiger partial charge in [0.15, 0.2) is 0 Å². The van der Waals surface area contributed by atoms with Crippen molar-refractivity contribution in [2.24, 2.45) is 0 Å². The van der Waals surface area contributed by atoms with E-state index in [1.165, 1.54) is 15.3 Å². The SMILES string of the molecule is O=C(CS(=O)(=O)N1CCN(Cc2ccccc2)CC1)NO. The molecule has 1 aromatic carbocycles. The lowest BCUT2D eigenvalue weighted by Gasteiger charge is -2.33. The summed E-state index contributed by atoms with van der Waals surface area (Å²) >= 11 is 0. The Labute approximate surface area is 124 Å². The van der Waals surface area contributed by atoms with Crippen molar-refractivity contribution >= 4 is 15.9 Å². The van der Waals surface area contributed by atoms with Crippen LogP contribution in [0.2, 0.25) is 0 Å². The summed E-state index contributed by atoms with van der Waals surface area (Å²) in [4.78, 5) is 13.2. The maximum atomic E-state index is 12.0. The van der Waals surface area contributed by atoms with Gasteiger partial charge in [-0.15, -0.1) is 0 Å². The Hall–Kier alpha value is -1.48. The van der Waals surface area contributed by atoms with E-state index >= 15 is 0 Å². The second-order valence-corrected chi connectivity index (χ2v) is 6.92. The number of nitrogens with zero attached hydrogens (tertiary/aromatic N) is 2. The molecule has 1 saturated heterocycles. The van der Waals surface area contributed by atoms with Crippen molar-refractivity contribution in [3.05, 3.63) is 35.9 Å². The van der Waals surface area contributed by atoms with Gasteiger partial charge in [-0.2, -0.15) is 4.31 Å². The van der Waals surface area contributed by atoms with Crippen LogP contribution in [0.5, 0.6) is 0 Å². The fraction of sp³-hybridized carbons (Fsp3) is 0.462. The van der Waals surface area contributed by atoms with E-state index in [2.05, 4.69) is 4.90 Å². The van der Waals surface area contributed by atoms with Crippen LogP contribution >= 0.6 is 0 Å². The molecule has 21 heavy (non-hydrogen) atoms. The molecule has 0 saturated carbocycles. The number of carbonyl (C=O) groups excluding carboxylic acids is 1. The number of carbonyl (C=O) groups is 1. The summed E-state index contributed by atoms with van der Waals surface area (Å²) in [5.74, 6) is -1.64. The predicted molar refractivity (Wildman–Crippen MR) is 77.0 cm³/mol. The topological polar surface area (TPSA) is 90.0 Å². The molecule has 2 N–H and O–H groups in total. The number of hydroxylamine groups is 1. The van der Waals surface area contributed by atoms with Gasteiger partial charge in [0.2, 0.25) is 10.0 Å². The maximum absolute atomic E-state index is 12.0. The van der Waals surface area contributed by atoms with Crippen LogP contribution in [-0.4, -0.2) is 60.7 Å². The molecule has 0 atom stereocenters. The van der Waals surface area contributed by atoms with Crippen molar-refractivity contribution in [3.63, 3.8) is 0 Å². The van der Waals surface area contributed by atoms with Gasteiger partial charge in [0.05, 0.1) is 0 Å². The molecule has 0 unspecified atom stereocenters. The average molecular weight is 313 g/mol. The van der Waals surface area contributed by atoms with Crippen molar-refractivity contribution in [1.82, 2.24) is 14.7 Å². The molecule has 0 aromatic heterocycles. The number of amides is 1. The van der Waals surface area contributed by atoms with E-state index in [4.69, 9.17) is 5.21 Å². The molecule has 1 amide bonds. The van der Waals surface area contributed by atoms with Gasteiger partial charge in [0.25, 0.3) is 5.91 Å². The molecule has 7 nitrogen and oxygen atoms in total. The molecule has 0 radical (unpaired) electrons. The zero-order chi connectivity index (χ0) is 15.3. The minimum atomic E-state index is -3.66. The number of piperazine rings is 1. The first-order valence-electron chi connectivity index (χ1n) is 6.68. The smallest absolute Gasteiger partial charge is 0.259 e. The van der Waals surface area contributed by atoms with Crippen LogP contribution in [0.1, 0.15) is 5.56 Å². The van der Waals surface area contributed by atoms with Crippen molar-refractivity contribution in [3.8, 4) is 0 Å². The molecule has 1 heterocycles. The van der Waals surface area contributed by atoms with Crippen molar-refractivity contribution in [2.75, 3.05) is 31.9 Å². The van der Waals surface area contributed by atoms with Gasteiger partial charge in [0, 0.05) is 32.7 Å². The molecule has 2 rings (SSSR count). The lowest BCUT2D eigenvalue weighted by atomic mass is 10.2. The lowest BCUT2D eigenvalue weighted by Crippen LogP contribution is -2.50. The second-order valence-electron chi connectivity index (χ2n) is 4.95. The molecule has 8 heteroatoms. The fourth-order valence-electron chi connectivity index (χ4n) is 2.30. The van der Waals surface area contributed by atoms with E-state index in [0.717, 1.165) is 6.54 Å². The molecule has 0 bridgehead atoms. The third-order valence-corrected chi connectivity index (χ3v) is 5.19. The summed E-state index contributed by atoms with van der Waals surface area (Å²) < 4.78 is 25.2. The zero-order valence-corrected chi connectivity index (χ0v) is 12.4. The Morgan fingerprint density at radius 1 is 1.14 bits per heavy atom. The van der Waals surface area contributed by atoms with E-state index < -0.39 is 21.7 Å². The Morgan fingerprint density at radius 2 is 1.76 bits per heavy atom. The molecular formula is C13H19N3O4S. The van der Waals surface area contributed by atoms with E-state index in [9.17, 15) is 13.2 Å². The summed E-state index contributed by atoms with van der Waals surface area (Å²) in [6, 6.07) is 9.98. The van der Waals surface area contributed by atoms with Crippen LogP contribution in [0.3, 0.4) is 0 Å². The van der Waals surface area contributed by atoms with Gasteiger partial charge in [-0.1, -0.05) is 30.3 Å². The van der Waals surface area contributed by atoms with Crippen molar-refractivity contribution in [1.29, 1.82) is 0 Å². The van der Waals surface area contributed by atoms with Gasteiger partial charge in [-0.25, -0.2) is 13.9 Å². The summed E-state index contributed by atoms with van der Waals surface area (Å²) in [7, 11) is -3.66. The fourth-order valence-corrected chi connectivity index (χ4v) is 3.59. The molecule has 1 fully saturated rings. The molecule has 116 valence electrons. The molecule has 0 spiro atoms. The molecule has 1 aliphatic heterocycles. The quantitative estimate of drug-likeness (QED) is 0.572. The van der Waals surface area contributed by atoms with Crippen molar-refractivity contribution < 1.29 is 18.4 Å². The van der Waals surface area contributed by atoms with Gasteiger partial charge < -0.3 is 0 Å². The number of hydrogen-bond donors (Lipinski definition) is 2. The standard InChI is InChI=1S/C13H19N3O4S/c17-13(14-18)11-21(19,20)16-8-6-15(7-9-16)10-12-4-2-1-3-5-12/h1-5,18H,6-11H2,(H,14,17). The second kappa shape index (κ2) is 6.99. The number of rotatable bonds is 5. The minimum absolute atomic E-state index is 0.355. The third-order valence-electron chi connectivity index (χ3n) is 3.41. The minimum Gasteiger partial charge on any atom is -0.296 e. The Bertz CT molecular complexity index is 568. The monoisotopic (exact) mass is 313 g/mol. The summed E-state index contributed by atoms with van der Waals surface area (Å²) in [5.41, 5.74) is 2.53. The van der Waals surface area contributed by atoms with Crippen LogP contribution in [0.4, 0.5) is 0 Å². The third kappa shape index (κ3) is 4.50. The Morgan fingerprint density at radius 3 is 2.33 bits per heavy atom. The van der Waals surface area contributed by atoms with Gasteiger partial charge in [0.1, 0.15) is 5.75 Å². The largest absolute Gasteiger partial charge is 0.296 e. The summed E-state index contributed by atoms with van der Waals surface area (Å²) in [6.07, 6.45) is 0. The van der Waals surface area contributed by atoms with Crippen LogP contribution in [0.15, 0.2) is 30.3 Å². The van der Waals surface area contributed by atoms with E-state index in [1.807, 2.05) is 30.3 Å². The normalized spacial score (nSPS) is 17.6. The summed E-state index contributed by atoms with van der Waals surface area (Å²) in [6.45, 7) is 2.73. The summed E-state index contributed by atoms with van der Waals surface area (Å²) in [5, 5.41) is 8.41. The number of benzene rings is 1. The van der Waals surface area contributed by atoms with E-state index in [-0.39, 0.29) is 0 Å². The average Bonchev–Trinajstić information content (AvgIpc) is 2.48. The van der Waals surface area contributed by atoms with Gasteiger partial charge in [-0.3, -0.25) is 14.9 Å². The lowest BCUT2D eigenvalue weighted by molar-refractivity contribution is -0.126. The van der Waals surface area contributed by atoms with E-state index in [0.29, 0.717) is 26.2 Å². The first-order valence-corrected chi connectivity index (χ1v) is 8.29. The van der Waals surface area contributed by atoms with Gasteiger partial charge in [-0.05, 0) is 5.56 Å². The highest BCUT2D eigenvalue weighted by molar-refractivity contribution is 7.89. The molecule has 0 aliphatic carbocycles. The van der Waals surface area contributed by atoms with Crippen LogP contribution in [0, 0.1) is 0 Å². The first kappa shape index (κ1) is 15.9. The zero-order valence-electron chi connectivity index (χ0n) is 11.6. The highest BCUT2D eigenvalue weighted by Crippen LogP contribution is 2.11. The number of nitrogens with one attached hydrogen (secondary N) is 1. The first-order chi connectivity index (χ1) is 10.0. The van der Waals surface area contributed by atoms with Crippen LogP contribution in [0.25, 0.3) is 0 Å². The predicted octanol–water partition coefficient (Wildman–Crippen LogP) is -0.361. The maximum Gasteiger partial charge on any atom is 0.259 e. The molecular weight excluding hydrogens is 294 g/mol. The number of hydrogen-bond acceptors (Lipinski definition) is 5. The van der Waals surface area contributed by atoms with Gasteiger partial charge >= 0.3 is 0 Å². The van der Waals surface area contributed by atoms with E-state index in [1.54, 1.807) is 0 Å².